The molecule has 1 aromatic carbocycles. The zero-order valence-corrected chi connectivity index (χ0v) is 23.9. The second kappa shape index (κ2) is 26.0. The molecule has 1 aromatic rings. The number of hydrogen-bond acceptors (Lipinski definition) is 4. The maximum absolute atomic E-state index is 11.9. The average Bonchev–Trinajstić information content (AvgIpc) is 2.78. The number of rotatable bonds is 19. The number of aliphatic hydroxyl groups is 1. The minimum Gasteiger partial charge on any atom is -0.396 e. The fourth-order valence-corrected chi connectivity index (χ4v) is 4.27. The Morgan fingerprint density at radius 3 is 1.50 bits per heavy atom. The van der Waals surface area contributed by atoms with E-state index in [0.29, 0.717) is 6.61 Å². The van der Waals surface area contributed by atoms with Crippen LogP contribution in [0.1, 0.15) is 117 Å². The molecule has 2 radical (unpaired) electrons. The summed E-state index contributed by atoms with van der Waals surface area (Å²) in [6.45, 7) is 5.10. The molecule has 0 amide bonds. The summed E-state index contributed by atoms with van der Waals surface area (Å²) in [5.74, 6) is 0. The van der Waals surface area contributed by atoms with Crippen LogP contribution in [0.25, 0.3) is 0 Å². The van der Waals surface area contributed by atoms with Crippen LogP contribution < -0.4 is 0 Å². The molecule has 0 spiro atoms. The molecule has 1 rings (SSSR count). The Labute approximate surface area is 229 Å². The minimum absolute atomic E-state index is 0. The second-order valence-corrected chi connectivity index (χ2v) is 9.88. The van der Waals surface area contributed by atoms with Gasteiger partial charge in [-0.1, -0.05) is 122 Å². The van der Waals surface area contributed by atoms with Gasteiger partial charge in [0.05, 0.1) is 11.5 Å². The van der Waals surface area contributed by atoms with Crippen LogP contribution in [0.3, 0.4) is 0 Å². The number of hydrogen-bond donors (Lipinski definition) is 1. The summed E-state index contributed by atoms with van der Waals surface area (Å²) in [7, 11) is -3.57. The van der Waals surface area contributed by atoms with E-state index in [1.807, 2.05) is 0 Å². The van der Waals surface area contributed by atoms with Gasteiger partial charge in [0.15, 0.2) is 0 Å². The normalized spacial score (nSPS) is 10.8. The molecule has 0 aliphatic heterocycles. The summed E-state index contributed by atoms with van der Waals surface area (Å²) in [6.07, 6.45) is 19.8. The van der Waals surface area contributed by atoms with Gasteiger partial charge in [0.1, 0.15) is 0 Å². The zero-order chi connectivity index (χ0) is 23.0. The van der Waals surface area contributed by atoms with Crippen LogP contribution in [0.4, 0.5) is 0 Å². The van der Waals surface area contributed by atoms with Crippen LogP contribution in [-0.2, 0) is 14.3 Å². The molecule has 0 unspecified atom stereocenters. The molecule has 0 aromatic heterocycles. The van der Waals surface area contributed by atoms with E-state index in [-0.39, 0.29) is 49.2 Å². The van der Waals surface area contributed by atoms with Gasteiger partial charge in [0, 0.05) is 44.3 Å². The molecule has 0 bridgehead atoms. The third-order valence-electron chi connectivity index (χ3n) is 5.28. The maximum Gasteiger partial charge on any atom is 0.296 e. The van der Waals surface area contributed by atoms with Crippen molar-refractivity contribution in [2.75, 3.05) is 13.2 Å². The monoisotopic (exact) mass is 496 g/mol. The minimum atomic E-state index is -3.57. The van der Waals surface area contributed by atoms with Crippen molar-refractivity contribution in [3.63, 3.8) is 0 Å². The largest absolute Gasteiger partial charge is 0.396 e. The van der Waals surface area contributed by atoms with Crippen LogP contribution in [0.15, 0.2) is 35.2 Å². The van der Waals surface area contributed by atoms with E-state index in [4.69, 9.17) is 9.29 Å². The van der Waals surface area contributed by atoms with Gasteiger partial charge in [-0.3, -0.25) is 4.18 Å². The van der Waals surface area contributed by atoms with Gasteiger partial charge in [-0.05, 0) is 25.0 Å². The van der Waals surface area contributed by atoms with Crippen molar-refractivity contribution in [2.45, 2.75) is 121 Å². The Balaban J connectivity index is 0. The molecule has 184 valence electrons. The van der Waals surface area contributed by atoms with Crippen molar-refractivity contribution in [1.29, 1.82) is 0 Å². The van der Waals surface area contributed by atoms with Gasteiger partial charge in [0.25, 0.3) is 10.1 Å². The van der Waals surface area contributed by atoms with E-state index < -0.39 is 10.1 Å². The smallest absolute Gasteiger partial charge is 0.296 e. The molecule has 0 atom stereocenters. The van der Waals surface area contributed by atoms with Crippen molar-refractivity contribution in [3.8, 4) is 0 Å². The van der Waals surface area contributed by atoms with Crippen molar-refractivity contribution in [2.24, 2.45) is 0 Å². The quantitative estimate of drug-likeness (QED) is 0.124. The first-order valence-electron chi connectivity index (χ1n) is 12.6. The molecule has 1 N–H and O–H groups in total. The standard InChI is InChI=1S/C18H30O3S.C8H18O.Ca/c1-2-3-4-5-6-7-8-9-10-14-17-21-22(19,20)18-15-12-11-13-16-18;1-2-3-4-5-6-7-8-9;/h11-13,15-16H,2-10,14,17H2,1H3;9H,2-8H2,1H3;. The van der Waals surface area contributed by atoms with Gasteiger partial charge in [-0.25, -0.2) is 0 Å². The van der Waals surface area contributed by atoms with Gasteiger partial charge in [0.2, 0.25) is 0 Å². The van der Waals surface area contributed by atoms with Gasteiger partial charge in [-0.2, -0.15) is 8.42 Å². The fraction of sp³-hybridized carbons (Fsp3) is 0.769. The second-order valence-electron chi connectivity index (χ2n) is 8.26. The molecule has 6 heteroatoms. The van der Waals surface area contributed by atoms with Crippen molar-refractivity contribution < 1.29 is 17.7 Å². The summed E-state index contributed by atoms with van der Waals surface area (Å²) in [5, 5.41) is 8.42. The fourth-order valence-electron chi connectivity index (χ4n) is 3.31. The van der Waals surface area contributed by atoms with Gasteiger partial charge >= 0.3 is 0 Å². The molecule has 0 aliphatic carbocycles. The first kappa shape index (κ1) is 34.5. The van der Waals surface area contributed by atoms with Crippen molar-refractivity contribution in [3.05, 3.63) is 30.3 Å². The third kappa shape index (κ3) is 22.2. The predicted molar refractivity (Wildman–Crippen MR) is 138 cm³/mol. The summed E-state index contributed by atoms with van der Waals surface area (Å²) in [5.41, 5.74) is 0. The maximum atomic E-state index is 11.9. The van der Waals surface area contributed by atoms with E-state index >= 15 is 0 Å². The average molecular weight is 497 g/mol. The summed E-state index contributed by atoms with van der Waals surface area (Å²) >= 11 is 0. The number of unbranched alkanes of at least 4 members (excludes halogenated alkanes) is 14. The molecular weight excluding hydrogens is 448 g/mol. The molecule has 0 saturated heterocycles. The van der Waals surface area contributed by atoms with Crippen LogP contribution >= 0.6 is 0 Å². The SMILES string of the molecule is CCCCCCCCCCCCOS(=O)(=O)c1ccccc1.CCCCCCCCO.[Ca]. The van der Waals surface area contributed by atoms with E-state index in [1.165, 1.54) is 83.5 Å². The van der Waals surface area contributed by atoms with Crippen LogP contribution in [0.2, 0.25) is 0 Å². The van der Waals surface area contributed by atoms with E-state index in [0.717, 1.165) is 19.3 Å². The van der Waals surface area contributed by atoms with Crippen LogP contribution in [-0.4, -0.2) is 64.5 Å². The Bertz CT molecular complexity index is 573. The molecule has 0 fully saturated rings. The summed E-state index contributed by atoms with van der Waals surface area (Å²) in [4.78, 5) is 0.238. The topological polar surface area (TPSA) is 63.6 Å². The molecule has 32 heavy (non-hydrogen) atoms. The van der Waals surface area contributed by atoms with E-state index in [9.17, 15) is 8.42 Å². The van der Waals surface area contributed by atoms with Crippen molar-refractivity contribution >= 4 is 47.9 Å². The Morgan fingerprint density at radius 2 is 1.06 bits per heavy atom. The van der Waals surface area contributed by atoms with Gasteiger partial charge < -0.3 is 5.11 Å². The zero-order valence-electron chi connectivity index (χ0n) is 20.9. The molecule has 0 heterocycles. The van der Waals surface area contributed by atoms with Crippen LogP contribution in [0, 0.1) is 0 Å². The Hall–Kier alpha value is 0.350. The molecule has 0 aliphatic rings. The first-order chi connectivity index (χ1) is 15.1. The van der Waals surface area contributed by atoms with Gasteiger partial charge in [-0.15, -0.1) is 0 Å². The Morgan fingerprint density at radius 1 is 0.656 bits per heavy atom. The van der Waals surface area contributed by atoms with E-state index in [2.05, 4.69) is 13.8 Å². The Kier molecular flexibility index (Phi) is 28.0. The van der Waals surface area contributed by atoms with E-state index in [1.54, 1.807) is 30.3 Å². The molecule has 0 saturated carbocycles. The number of aliphatic hydroxyl groups excluding tert-OH is 1. The molecular formula is C26H48CaO4S. The predicted octanol–water partition coefficient (Wildman–Crippen LogP) is 7.27. The number of benzene rings is 1. The third-order valence-corrected chi connectivity index (χ3v) is 6.61. The van der Waals surface area contributed by atoms with Crippen LogP contribution in [0.5, 0.6) is 0 Å². The summed E-state index contributed by atoms with van der Waals surface area (Å²) in [6, 6.07) is 8.33. The summed E-state index contributed by atoms with van der Waals surface area (Å²) < 4.78 is 28.8. The molecule has 4 nitrogen and oxygen atoms in total. The van der Waals surface area contributed by atoms with Crippen molar-refractivity contribution in [1.82, 2.24) is 0 Å². The first-order valence-corrected chi connectivity index (χ1v) is 14.0.